The van der Waals surface area contributed by atoms with Gasteiger partial charge in [0, 0.05) is 30.1 Å². The molecule has 7 heteroatoms. The minimum atomic E-state index is 0.464. The zero-order valence-corrected chi connectivity index (χ0v) is 18.6. The summed E-state index contributed by atoms with van der Waals surface area (Å²) >= 11 is 0. The maximum Gasteiger partial charge on any atom is 0.174 e. The molecule has 0 fully saturated rings. The van der Waals surface area contributed by atoms with Gasteiger partial charge in [-0.05, 0) is 43.2 Å². The molecule has 0 saturated heterocycles. The van der Waals surface area contributed by atoms with Crippen LogP contribution in [0.1, 0.15) is 36.5 Å². The van der Waals surface area contributed by atoms with Crippen molar-refractivity contribution in [2.24, 2.45) is 0 Å². The number of allylic oxidation sites excluding steroid dienone is 1. The molecule has 7 nitrogen and oxygen atoms in total. The summed E-state index contributed by atoms with van der Waals surface area (Å²) in [4.78, 5) is 0. The van der Waals surface area contributed by atoms with E-state index in [-0.39, 0.29) is 0 Å². The molecule has 0 spiro atoms. The van der Waals surface area contributed by atoms with Crippen LogP contribution in [0.3, 0.4) is 0 Å². The fourth-order valence-corrected chi connectivity index (χ4v) is 4.48. The lowest BCUT2D eigenvalue weighted by atomic mass is 10.1. The first-order chi connectivity index (χ1) is 16.8. The third kappa shape index (κ3) is 3.59. The van der Waals surface area contributed by atoms with Crippen LogP contribution in [0.4, 0.5) is 0 Å². The Morgan fingerprint density at radius 1 is 1.00 bits per heavy atom. The van der Waals surface area contributed by atoms with Crippen LogP contribution in [0.25, 0.3) is 39.8 Å². The van der Waals surface area contributed by atoms with E-state index in [4.69, 9.17) is 9.52 Å². The molecule has 0 atom stereocenters. The Kier molecular flexibility index (Phi) is 5.04. The van der Waals surface area contributed by atoms with Gasteiger partial charge in [0.1, 0.15) is 23.2 Å². The molecule has 0 radical (unpaired) electrons. The van der Waals surface area contributed by atoms with Crippen LogP contribution < -0.4 is 0 Å². The number of aromatic nitrogens is 5. The minimum absolute atomic E-state index is 0.464. The highest BCUT2D eigenvalue weighted by molar-refractivity contribution is 5.91. The Balaban J connectivity index is 1.51. The van der Waals surface area contributed by atoms with Crippen LogP contribution >= 0.6 is 0 Å². The highest BCUT2D eigenvalue weighted by Crippen LogP contribution is 2.32. The quantitative estimate of drug-likeness (QED) is 0.332. The molecular formula is C27H22N6O. The number of para-hydroxylation sites is 2. The highest BCUT2D eigenvalue weighted by Gasteiger charge is 2.20. The number of hydrogen-bond donors (Lipinski definition) is 0. The molecule has 1 aliphatic rings. The van der Waals surface area contributed by atoms with Crippen molar-refractivity contribution in [1.82, 2.24) is 24.5 Å². The van der Waals surface area contributed by atoms with Crippen LogP contribution in [-0.2, 0) is 13.0 Å². The van der Waals surface area contributed by atoms with Gasteiger partial charge in [0.2, 0.25) is 0 Å². The second kappa shape index (κ2) is 8.49. The van der Waals surface area contributed by atoms with E-state index in [1.165, 1.54) is 0 Å². The van der Waals surface area contributed by atoms with Gasteiger partial charge >= 0.3 is 0 Å². The molecule has 4 heterocycles. The first-order valence-electron chi connectivity index (χ1n) is 11.5. The van der Waals surface area contributed by atoms with Crippen LogP contribution in [0.5, 0.6) is 0 Å². The fourth-order valence-electron chi connectivity index (χ4n) is 4.48. The van der Waals surface area contributed by atoms with Gasteiger partial charge in [-0.15, -0.1) is 10.2 Å². The fraction of sp³-hybridized carbons (Fsp3) is 0.185. The monoisotopic (exact) mass is 446 g/mol. The molecule has 0 saturated carbocycles. The second-order valence-electron chi connectivity index (χ2n) is 8.43. The molecule has 0 N–H and O–H groups in total. The summed E-state index contributed by atoms with van der Waals surface area (Å²) in [5.74, 6) is 2.22. The standard InChI is InChI=1S/C27H22N6O/c28-17-20(27-30-29-25-13-5-2-8-14-32(25)27)15-21-18-33(22-10-3-1-4-11-22)31-26(21)24-16-19-9-6-7-12-23(19)34-24/h1,3-4,6-7,9-12,15-16,18H,2,5,8,13-14H2/b20-15+. The van der Waals surface area contributed by atoms with Crippen LogP contribution in [-0.4, -0.2) is 24.5 Å². The molecule has 0 bridgehead atoms. The number of rotatable bonds is 4. The summed E-state index contributed by atoms with van der Waals surface area (Å²) in [6.45, 7) is 0.830. The Hall–Kier alpha value is -4.44. The van der Waals surface area contributed by atoms with Crippen molar-refractivity contribution in [3.8, 4) is 23.2 Å². The lowest BCUT2D eigenvalue weighted by Crippen LogP contribution is -2.05. The lowest BCUT2D eigenvalue weighted by Gasteiger charge is -2.05. The van der Waals surface area contributed by atoms with E-state index < -0.39 is 0 Å². The molecule has 0 aliphatic carbocycles. The van der Waals surface area contributed by atoms with Crippen molar-refractivity contribution in [2.45, 2.75) is 32.2 Å². The number of furan rings is 1. The molecule has 3 aromatic heterocycles. The summed E-state index contributed by atoms with van der Waals surface area (Å²) in [5.41, 5.74) is 3.64. The van der Waals surface area contributed by atoms with Gasteiger partial charge in [-0.3, -0.25) is 0 Å². The van der Waals surface area contributed by atoms with Gasteiger partial charge in [0.25, 0.3) is 0 Å². The predicted octanol–water partition coefficient (Wildman–Crippen LogP) is 5.67. The smallest absolute Gasteiger partial charge is 0.174 e. The lowest BCUT2D eigenvalue weighted by molar-refractivity contribution is 0.626. The zero-order chi connectivity index (χ0) is 22.9. The van der Waals surface area contributed by atoms with Crippen molar-refractivity contribution in [3.63, 3.8) is 0 Å². The third-order valence-electron chi connectivity index (χ3n) is 6.19. The zero-order valence-electron chi connectivity index (χ0n) is 18.6. The van der Waals surface area contributed by atoms with Gasteiger partial charge in [-0.1, -0.05) is 42.8 Å². The number of aryl methyl sites for hydroxylation is 1. The summed E-state index contributed by atoms with van der Waals surface area (Å²) in [5, 5.41) is 24.7. The topological polar surface area (TPSA) is 85.5 Å². The summed E-state index contributed by atoms with van der Waals surface area (Å²) in [7, 11) is 0. The average Bonchev–Trinajstić information content (AvgIpc) is 3.56. The Labute approximate surface area is 196 Å². The Morgan fingerprint density at radius 2 is 1.85 bits per heavy atom. The van der Waals surface area contributed by atoms with Crippen LogP contribution in [0.15, 0.2) is 71.3 Å². The van der Waals surface area contributed by atoms with E-state index >= 15 is 0 Å². The minimum Gasteiger partial charge on any atom is -0.454 e. The first kappa shape index (κ1) is 20.2. The van der Waals surface area contributed by atoms with Crippen LogP contribution in [0.2, 0.25) is 0 Å². The van der Waals surface area contributed by atoms with Crippen LogP contribution in [0, 0.1) is 11.3 Å². The first-order valence-corrected chi connectivity index (χ1v) is 11.5. The second-order valence-corrected chi connectivity index (χ2v) is 8.43. The maximum atomic E-state index is 10.1. The van der Waals surface area contributed by atoms with Gasteiger partial charge in [0.15, 0.2) is 11.6 Å². The van der Waals surface area contributed by atoms with Crippen molar-refractivity contribution in [3.05, 3.63) is 84.1 Å². The van der Waals surface area contributed by atoms with Crippen molar-refractivity contribution < 1.29 is 4.42 Å². The van der Waals surface area contributed by atoms with E-state index in [9.17, 15) is 5.26 Å². The number of hydrogen-bond acceptors (Lipinski definition) is 5. The molecule has 2 aromatic carbocycles. The largest absolute Gasteiger partial charge is 0.454 e. The summed E-state index contributed by atoms with van der Waals surface area (Å²) < 4.78 is 10.0. The predicted molar refractivity (Wildman–Crippen MR) is 130 cm³/mol. The maximum absolute atomic E-state index is 10.1. The summed E-state index contributed by atoms with van der Waals surface area (Å²) in [6.07, 6.45) is 7.99. The van der Waals surface area contributed by atoms with Gasteiger partial charge in [0.05, 0.1) is 11.3 Å². The number of fused-ring (bicyclic) bond motifs is 2. The molecule has 166 valence electrons. The highest BCUT2D eigenvalue weighted by atomic mass is 16.3. The number of nitrogens with zero attached hydrogens (tertiary/aromatic N) is 6. The molecule has 6 rings (SSSR count). The SMILES string of the molecule is N#C/C(=C\c1cn(-c2ccccc2)nc1-c1cc2ccccc2o1)c1nnc2n1CCCCC2. The van der Waals surface area contributed by atoms with Crippen molar-refractivity contribution >= 4 is 22.6 Å². The van der Waals surface area contributed by atoms with Crippen molar-refractivity contribution in [2.75, 3.05) is 0 Å². The molecule has 5 aromatic rings. The molecule has 1 aliphatic heterocycles. The molecule has 34 heavy (non-hydrogen) atoms. The van der Waals surface area contributed by atoms with Gasteiger partial charge in [-0.25, -0.2) is 4.68 Å². The Morgan fingerprint density at radius 3 is 2.71 bits per heavy atom. The normalized spacial score (nSPS) is 14.0. The average molecular weight is 447 g/mol. The van der Waals surface area contributed by atoms with E-state index in [2.05, 4.69) is 20.8 Å². The van der Waals surface area contributed by atoms with E-state index in [0.717, 1.165) is 60.3 Å². The molecular weight excluding hydrogens is 424 g/mol. The number of benzene rings is 2. The molecule has 0 amide bonds. The van der Waals surface area contributed by atoms with Gasteiger partial charge in [-0.2, -0.15) is 10.4 Å². The van der Waals surface area contributed by atoms with E-state index in [1.807, 2.05) is 77.6 Å². The Bertz CT molecular complexity index is 1510. The number of nitriles is 1. The van der Waals surface area contributed by atoms with Crippen molar-refractivity contribution in [1.29, 1.82) is 5.26 Å². The van der Waals surface area contributed by atoms with Gasteiger partial charge < -0.3 is 8.98 Å². The third-order valence-corrected chi connectivity index (χ3v) is 6.19. The summed E-state index contributed by atoms with van der Waals surface area (Å²) in [6, 6.07) is 22.1. The van der Waals surface area contributed by atoms with E-state index in [0.29, 0.717) is 22.9 Å². The molecule has 0 unspecified atom stereocenters. The van der Waals surface area contributed by atoms with E-state index in [1.54, 1.807) is 0 Å².